The van der Waals surface area contributed by atoms with Gasteiger partial charge in [-0.25, -0.2) is 0 Å². The van der Waals surface area contributed by atoms with Crippen molar-refractivity contribution in [1.82, 2.24) is 9.13 Å². The molecule has 4 aromatic rings. The van der Waals surface area contributed by atoms with E-state index in [1.165, 1.54) is 0 Å². The van der Waals surface area contributed by atoms with Crippen molar-refractivity contribution < 1.29 is 9.47 Å². The van der Waals surface area contributed by atoms with E-state index in [-0.39, 0.29) is 5.56 Å². The summed E-state index contributed by atoms with van der Waals surface area (Å²) in [6.45, 7) is 7.98. The third-order valence-corrected chi connectivity index (χ3v) is 7.53. The van der Waals surface area contributed by atoms with Crippen molar-refractivity contribution in [2.75, 3.05) is 12.3 Å². The van der Waals surface area contributed by atoms with E-state index in [0.717, 1.165) is 22.7 Å². The van der Waals surface area contributed by atoms with Crippen LogP contribution in [0.2, 0.25) is 25.7 Å². The highest BCUT2D eigenvalue weighted by molar-refractivity contribution is 6.76. The van der Waals surface area contributed by atoms with Gasteiger partial charge in [-0.1, -0.05) is 19.6 Å². The molecule has 0 saturated carbocycles. The fraction of sp³-hybridized carbons (Fsp3) is 0.259. The molecule has 0 unspecified atom stereocenters. The van der Waals surface area contributed by atoms with Crippen LogP contribution in [0.3, 0.4) is 0 Å². The zero-order valence-corrected chi connectivity index (χ0v) is 21.5. The molecule has 4 rings (SSSR count). The molecule has 2 heterocycles. The van der Waals surface area contributed by atoms with E-state index in [4.69, 9.17) is 20.5 Å². The molecule has 2 aromatic carbocycles. The second kappa shape index (κ2) is 9.82. The van der Waals surface area contributed by atoms with E-state index in [2.05, 4.69) is 25.7 Å². The van der Waals surface area contributed by atoms with Crippen LogP contribution in [0.5, 0.6) is 11.5 Å². The van der Waals surface area contributed by atoms with E-state index in [1.54, 1.807) is 41.9 Å². The van der Waals surface area contributed by atoms with Crippen molar-refractivity contribution in [1.29, 1.82) is 5.26 Å². The highest BCUT2D eigenvalue weighted by Crippen LogP contribution is 2.38. The molecular weight excluding hydrogens is 456 g/mol. The zero-order chi connectivity index (χ0) is 25.2. The number of ether oxygens (including phenoxy) is 2. The number of anilines is 1. The summed E-state index contributed by atoms with van der Waals surface area (Å²) in [6.07, 6.45) is 3.70. The van der Waals surface area contributed by atoms with Gasteiger partial charge in [-0.05, 0) is 54.6 Å². The molecule has 0 aliphatic rings. The van der Waals surface area contributed by atoms with Crippen molar-refractivity contribution >= 4 is 24.7 Å². The smallest absolute Gasteiger partial charge is 0.259 e. The summed E-state index contributed by atoms with van der Waals surface area (Å²) in [5, 5.41) is 9.67. The Hall–Kier alpha value is -3.80. The van der Waals surface area contributed by atoms with Crippen LogP contribution in [-0.4, -0.2) is 23.8 Å². The quantitative estimate of drug-likeness (QED) is 0.200. The van der Waals surface area contributed by atoms with Gasteiger partial charge in [-0.2, -0.15) is 5.26 Å². The summed E-state index contributed by atoms with van der Waals surface area (Å²) in [6, 6.07) is 17.4. The molecule has 2 N–H and O–H groups in total. The van der Waals surface area contributed by atoms with Crippen molar-refractivity contribution in [3.05, 3.63) is 76.8 Å². The first-order valence-corrected chi connectivity index (χ1v) is 15.2. The Bertz CT molecular complexity index is 1460. The number of pyridine rings is 1. The first-order chi connectivity index (χ1) is 16.7. The molecule has 180 valence electrons. The maximum absolute atomic E-state index is 12.9. The van der Waals surface area contributed by atoms with Crippen molar-refractivity contribution in [3.63, 3.8) is 0 Å². The van der Waals surface area contributed by atoms with E-state index in [0.29, 0.717) is 41.5 Å². The van der Waals surface area contributed by atoms with Gasteiger partial charge in [0.25, 0.3) is 5.56 Å². The number of aryl methyl sites for hydroxylation is 1. The van der Waals surface area contributed by atoms with Gasteiger partial charge in [0, 0.05) is 50.9 Å². The lowest BCUT2D eigenvalue weighted by molar-refractivity contribution is 0.0903. The number of nitrogens with two attached hydrogens (primary N) is 1. The predicted octanol–water partition coefficient (Wildman–Crippen LogP) is 5.57. The van der Waals surface area contributed by atoms with Gasteiger partial charge in [0.15, 0.2) is 0 Å². The number of nitriles is 1. The minimum atomic E-state index is -1.21. The zero-order valence-electron chi connectivity index (χ0n) is 20.5. The number of benzene rings is 2. The molecule has 0 atom stereocenters. The monoisotopic (exact) mass is 486 g/mol. The fourth-order valence-corrected chi connectivity index (χ4v) is 4.62. The van der Waals surface area contributed by atoms with Gasteiger partial charge >= 0.3 is 0 Å². The molecule has 0 bridgehead atoms. The van der Waals surface area contributed by atoms with Gasteiger partial charge in [0.1, 0.15) is 18.2 Å². The maximum atomic E-state index is 12.9. The highest BCUT2D eigenvalue weighted by atomic mass is 28.3. The Balaban J connectivity index is 1.78. The average Bonchev–Trinajstić information content (AvgIpc) is 3.24. The van der Waals surface area contributed by atoms with Crippen molar-refractivity contribution in [2.24, 2.45) is 7.05 Å². The van der Waals surface area contributed by atoms with Gasteiger partial charge in [-0.15, -0.1) is 0 Å². The standard InChI is InChI=1S/C27H30N4O3Si/c1-30-17-24(26-22(27(30)32)11-12-31(26)18-33-13-14-35(2,3)4)23-15-20(29)7-10-25(23)34-21-8-5-19(16-28)6-9-21/h5-12,15,17H,13-14,18,29H2,1-4H3. The molecule has 0 aliphatic carbocycles. The molecule has 2 aromatic heterocycles. The van der Waals surface area contributed by atoms with Crippen LogP contribution in [0.4, 0.5) is 5.69 Å². The van der Waals surface area contributed by atoms with E-state index >= 15 is 0 Å². The molecule has 7 nitrogen and oxygen atoms in total. The fourth-order valence-electron chi connectivity index (χ4n) is 3.87. The van der Waals surface area contributed by atoms with Gasteiger partial charge < -0.3 is 24.3 Å². The molecule has 0 saturated heterocycles. The lowest BCUT2D eigenvalue weighted by Gasteiger charge is -2.17. The van der Waals surface area contributed by atoms with Crippen LogP contribution < -0.4 is 16.0 Å². The summed E-state index contributed by atoms with van der Waals surface area (Å²) in [5.74, 6) is 1.19. The SMILES string of the molecule is Cn1cc(-c2cc(N)ccc2Oc2ccc(C#N)cc2)c2c(ccn2COCC[Si](C)(C)C)c1=O. The summed E-state index contributed by atoms with van der Waals surface area (Å²) < 4.78 is 15.7. The molecule has 0 spiro atoms. The van der Waals surface area contributed by atoms with E-state index in [1.807, 2.05) is 35.2 Å². The van der Waals surface area contributed by atoms with Crippen molar-refractivity contribution in [3.8, 4) is 28.7 Å². The number of hydrogen-bond donors (Lipinski definition) is 1. The predicted molar refractivity (Wildman–Crippen MR) is 142 cm³/mol. The number of rotatable bonds is 8. The van der Waals surface area contributed by atoms with Crippen LogP contribution in [0, 0.1) is 11.3 Å². The van der Waals surface area contributed by atoms with Crippen LogP contribution >= 0.6 is 0 Å². The summed E-state index contributed by atoms with van der Waals surface area (Å²) in [5.41, 5.74) is 9.58. The molecule has 0 aliphatic heterocycles. The Morgan fingerprint density at radius 3 is 2.49 bits per heavy atom. The number of fused-ring (bicyclic) bond motifs is 1. The number of nitrogens with zero attached hydrogens (tertiary/aromatic N) is 3. The average molecular weight is 487 g/mol. The van der Waals surface area contributed by atoms with Crippen LogP contribution in [-0.2, 0) is 18.5 Å². The van der Waals surface area contributed by atoms with E-state index < -0.39 is 8.07 Å². The summed E-state index contributed by atoms with van der Waals surface area (Å²) >= 11 is 0. The van der Waals surface area contributed by atoms with Gasteiger partial charge in [0.05, 0.1) is 22.5 Å². The Morgan fingerprint density at radius 1 is 1.06 bits per heavy atom. The highest BCUT2D eigenvalue weighted by Gasteiger charge is 2.18. The van der Waals surface area contributed by atoms with Gasteiger partial charge in [-0.3, -0.25) is 4.79 Å². The summed E-state index contributed by atoms with van der Waals surface area (Å²) in [4.78, 5) is 12.9. The lowest BCUT2D eigenvalue weighted by Crippen LogP contribution is -2.22. The van der Waals surface area contributed by atoms with Crippen LogP contribution in [0.25, 0.3) is 22.0 Å². The first kappa shape index (κ1) is 24.3. The summed E-state index contributed by atoms with van der Waals surface area (Å²) in [7, 11) is 0.531. The second-order valence-electron chi connectivity index (χ2n) is 9.85. The Labute approximate surface area is 205 Å². The third kappa shape index (κ3) is 5.48. The molecular formula is C27H30N4O3Si. The van der Waals surface area contributed by atoms with Gasteiger partial charge in [0.2, 0.25) is 0 Å². The Kier molecular flexibility index (Phi) is 6.83. The second-order valence-corrected chi connectivity index (χ2v) is 15.5. The largest absolute Gasteiger partial charge is 0.457 e. The third-order valence-electron chi connectivity index (χ3n) is 5.82. The molecule has 0 amide bonds. The van der Waals surface area contributed by atoms with Crippen molar-refractivity contribution in [2.45, 2.75) is 32.4 Å². The van der Waals surface area contributed by atoms with Crippen LogP contribution in [0.1, 0.15) is 5.56 Å². The molecule has 0 radical (unpaired) electrons. The molecule has 8 heteroatoms. The molecule has 35 heavy (non-hydrogen) atoms. The maximum Gasteiger partial charge on any atom is 0.259 e. The first-order valence-electron chi connectivity index (χ1n) is 11.5. The number of hydrogen-bond acceptors (Lipinski definition) is 5. The van der Waals surface area contributed by atoms with E-state index in [9.17, 15) is 4.79 Å². The molecule has 0 fully saturated rings. The normalized spacial score (nSPS) is 11.5. The lowest BCUT2D eigenvalue weighted by atomic mass is 10.0. The minimum Gasteiger partial charge on any atom is -0.457 e. The minimum absolute atomic E-state index is 0.0805. The number of aromatic nitrogens is 2. The topological polar surface area (TPSA) is 95.2 Å². The Morgan fingerprint density at radius 2 is 1.80 bits per heavy atom. The van der Waals surface area contributed by atoms with Crippen LogP contribution in [0.15, 0.2) is 65.7 Å². The number of nitrogen functional groups attached to an aromatic ring is 1.